The minimum atomic E-state index is -0.573. The van der Waals surface area contributed by atoms with Crippen LogP contribution in [0.15, 0.2) is 18.2 Å². The smallest absolute Gasteiger partial charge is 0.232 e. The molecule has 0 spiro atoms. The molecule has 0 atom stereocenters. The van der Waals surface area contributed by atoms with Crippen LogP contribution >= 0.6 is 34.8 Å². The molecule has 1 aliphatic carbocycles. The molecule has 1 aromatic carbocycles. The van der Waals surface area contributed by atoms with E-state index in [9.17, 15) is 4.79 Å². The zero-order valence-corrected chi connectivity index (χ0v) is 10.9. The summed E-state index contributed by atoms with van der Waals surface area (Å²) in [5, 5.41) is 0.793. The van der Waals surface area contributed by atoms with Crippen molar-refractivity contribution in [1.29, 1.82) is 0 Å². The van der Waals surface area contributed by atoms with E-state index < -0.39 is 5.41 Å². The van der Waals surface area contributed by atoms with Crippen LogP contribution in [0.1, 0.15) is 31.2 Å². The number of carbonyl (C=O) groups is 1. The Balaban J connectivity index is 2.51. The van der Waals surface area contributed by atoms with Crippen LogP contribution in [-0.4, -0.2) is 5.24 Å². The highest BCUT2D eigenvalue weighted by atomic mass is 35.5. The molecule has 1 aliphatic rings. The molecule has 0 N–H and O–H groups in total. The van der Waals surface area contributed by atoms with Gasteiger partial charge in [0.15, 0.2) is 0 Å². The lowest BCUT2D eigenvalue weighted by Crippen LogP contribution is -2.29. The summed E-state index contributed by atoms with van der Waals surface area (Å²) in [6.45, 7) is 0. The lowest BCUT2D eigenvalue weighted by atomic mass is 9.80. The Bertz CT molecular complexity index is 402. The Kier molecular flexibility index (Phi) is 3.48. The highest BCUT2D eigenvalue weighted by Crippen LogP contribution is 2.44. The van der Waals surface area contributed by atoms with Crippen LogP contribution in [-0.2, 0) is 10.2 Å². The van der Waals surface area contributed by atoms with Crippen molar-refractivity contribution >= 4 is 40.0 Å². The summed E-state index contributed by atoms with van der Waals surface area (Å²) < 4.78 is 0. The third kappa shape index (κ3) is 2.09. The van der Waals surface area contributed by atoms with Crippen molar-refractivity contribution in [2.24, 2.45) is 0 Å². The van der Waals surface area contributed by atoms with Gasteiger partial charge >= 0.3 is 0 Å². The van der Waals surface area contributed by atoms with Gasteiger partial charge in [-0.15, -0.1) is 0 Å². The fourth-order valence-electron chi connectivity index (χ4n) is 2.41. The summed E-state index contributed by atoms with van der Waals surface area (Å²) >= 11 is 17.7. The Morgan fingerprint density at radius 1 is 1.06 bits per heavy atom. The quantitative estimate of drug-likeness (QED) is 0.724. The predicted octanol–water partition coefficient (Wildman–Crippen LogP) is 4.57. The third-order valence-electron chi connectivity index (χ3n) is 3.25. The molecule has 1 aromatic rings. The van der Waals surface area contributed by atoms with Gasteiger partial charge in [0.1, 0.15) is 0 Å². The monoisotopic (exact) mass is 276 g/mol. The molecule has 0 aromatic heterocycles. The van der Waals surface area contributed by atoms with E-state index in [1.54, 1.807) is 18.2 Å². The Morgan fingerprint density at radius 3 is 2.00 bits per heavy atom. The lowest BCUT2D eigenvalue weighted by molar-refractivity contribution is -0.116. The summed E-state index contributed by atoms with van der Waals surface area (Å²) in [6.07, 6.45) is 3.60. The zero-order chi connectivity index (χ0) is 11.8. The van der Waals surface area contributed by atoms with Gasteiger partial charge in [0.25, 0.3) is 0 Å². The van der Waals surface area contributed by atoms with Gasteiger partial charge in [0.2, 0.25) is 5.24 Å². The molecule has 0 amide bonds. The number of halogens is 3. The molecular formula is C12H11Cl3O. The molecule has 0 heterocycles. The van der Waals surface area contributed by atoms with E-state index >= 15 is 0 Å². The highest BCUT2D eigenvalue weighted by Gasteiger charge is 2.41. The van der Waals surface area contributed by atoms with Crippen molar-refractivity contribution in [2.75, 3.05) is 0 Å². The van der Waals surface area contributed by atoms with Gasteiger partial charge in [0.05, 0.1) is 5.41 Å². The molecule has 0 saturated heterocycles. The van der Waals surface area contributed by atoms with Crippen molar-refractivity contribution < 1.29 is 4.79 Å². The molecule has 86 valence electrons. The summed E-state index contributed by atoms with van der Waals surface area (Å²) in [4.78, 5) is 11.7. The van der Waals surface area contributed by atoms with Crippen molar-refractivity contribution in [3.63, 3.8) is 0 Å². The first-order valence-electron chi connectivity index (χ1n) is 5.21. The number of carbonyl (C=O) groups excluding carboxylic acids is 1. The van der Waals surface area contributed by atoms with Crippen LogP contribution in [0.5, 0.6) is 0 Å². The second-order valence-electron chi connectivity index (χ2n) is 4.22. The summed E-state index contributed by atoms with van der Waals surface area (Å²) in [7, 11) is 0. The van der Waals surface area contributed by atoms with Crippen LogP contribution in [0.4, 0.5) is 0 Å². The molecule has 1 nitrogen and oxygen atoms in total. The van der Waals surface area contributed by atoms with Gasteiger partial charge < -0.3 is 0 Å². The largest absolute Gasteiger partial charge is 0.280 e. The number of rotatable bonds is 2. The maximum absolute atomic E-state index is 11.7. The average Bonchev–Trinajstić information content (AvgIpc) is 2.65. The van der Waals surface area contributed by atoms with Crippen LogP contribution in [0.25, 0.3) is 0 Å². The van der Waals surface area contributed by atoms with Crippen LogP contribution < -0.4 is 0 Å². The molecule has 0 unspecified atom stereocenters. The molecular weight excluding hydrogens is 266 g/mol. The number of hydrogen-bond acceptors (Lipinski definition) is 1. The molecule has 4 heteroatoms. The Labute approximate surface area is 110 Å². The minimum absolute atomic E-state index is 0.302. The number of hydrogen-bond donors (Lipinski definition) is 0. The fourth-order valence-corrected chi connectivity index (χ4v) is 3.23. The Hall–Kier alpha value is -0.240. The van der Waals surface area contributed by atoms with Crippen molar-refractivity contribution in [3.05, 3.63) is 33.8 Å². The van der Waals surface area contributed by atoms with Crippen molar-refractivity contribution in [3.8, 4) is 0 Å². The maximum Gasteiger partial charge on any atom is 0.232 e. The second kappa shape index (κ2) is 4.56. The van der Waals surface area contributed by atoms with Gasteiger partial charge in [-0.3, -0.25) is 4.79 Å². The summed E-state index contributed by atoms with van der Waals surface area (Å²) in [5.74, 6) is 0. The van der Waals surface area contributed by atoms with Crippen molar-refractivity contribution in [2.45, 2.75) is 31.1 Å². The minimum Gasteiger partial charge on any atom is -0.280 e. The Morgan fingerprint density at radius 2 is 1.56 bits per heavy atom. The highest BCUT2D eigenvalue weighted by molar-refractivity contribution is 6.65. The van der Waals surface area contributed by atoms with Crippen LogP contribution in [0, 0.1) is 0 Å². The van der Waals surface area contributed by atoms with Gasteiger partial charge in [-0.1, -0.05) is 36.0 Å². The topological polar surface area (TPSA) is 17.1 Å². The third-order valence-corrected chi connectivity index (χ3v) is 4.05. The van der Waals surface area contributed by atoms with E-state index in [0.717, 1.165) is 31.2 Å². The number of benzene rings is 1. The van der Waals surface area contributed by atoms with Gasteiger partial charge in [-0.2, -0.15) is 0 Å². The molecule has 1 fully saturated rings. The average molecular weight is 278 g/mol. The van der Waals surface area contributed by atoms with E-state index in [1.807, 2.05) is 0 Å². The van der Waals surface area contributed by atoms with Gasteiger partial charge in [-0.05, 0) is 48.2 Å². The molecule has 0 bridgehead atoms. The van der Waals surface area contributed by atoms with E-state index in [4.69, 9.17) is 34.8 Å². The molecule has 16 heavy (non-hydrogen) atoms. The standard InChI is InChI=1S/C12H11Cl3O/c13-9-5-8(6-10(14)7-9)12(11(15)16)3-1-2-4-12/h5-7H,1-4H2. The van der Waals surface area contributed by atoms with E-state index in [1.165, 1.54) is 0 Å². The summed E-state index contributed by atoms with van der Waals surface area (Å²) in [6, 6.07) is 5.24. The molecule has 2 rings (SSSR count). The first-order valence-corrected chi connectivity index (χ1v) is 6.34. The lowest BCUT2D eigenvalue weighted by Gasteiger charge is -2.25. The predicted molar refractivity (Wildman–Crippen MR) is 67.5 cm³/mol. The van der Waals surface area contributed by atoms with E-state index in [-0.39, 0.29) is 5.24 Å². The van der Waals surface area contributed by atoms with Crippen LogP contribution in [0.2, 0.25) is 10.0 Å². The first kappa shape index (κ1) is 12.2. The fraction of sp³-hybridized carbons (Fsp3) is 0.417. The van der Waals surface area contributed by atoms with E-state index in [0.29, 0.717) is 10.0 Å². The van der Waals surface area contributed by atoms with E-state index in [2.05, 4.69) is 0 Å². The van der Waals surface area contributed by atoms with Gasteiger partial charge in [-0.25, -0.2) is 0 Å². The SMILES string of the molecule is O=C(Cl)C1(c2cc(Cl)cc(Cl)c2)CCCC1. The second-order valence-corrected chi connectivity index (χ2v) is 5.44. The summed E-state index contributed by atoms with van der Waals surface area (Å²) in [5.41, 5.74) is 0.276. The van der Waals surface area contributed by atoms with Gasteiger partial charge in [0, 0.05) is 10.0 Å². The molecule has 0 radical (unpaired) electrons. The normalized spacial score (nSPS) is 18.7. The van der Waals surface area contributed by atoms with Crippen LogP contribution in [0.3, 0.4) is 0 Å². The molecule has 0 aliphatic heterocycles. The zero-order valence-electron chi connectivity index (χ0n) is 8.60. The molecule has 1 saturated carbocycles. The maximum atomic E-state index is 11.7. The first-order chi connectivity index (χ1) is 7.54. The van der Waals surface area contributed by atoms with Crippen molar-refractivity contribution in [1.82, 2.24) is 0 Å².